The molecule has 2 N–H and O–H groups in total. The Labute approximate surface area is 103 Å². The van der Waals surface area contributed by atoms with Gasteiger partial charge < -0.3 is 10.0 Å². The summed E-state index contributed by atoms with van der Waals surface area (Å²) in [7, 11) is -3.45. The Morgan fingerprint density at radius 3 is 2.41 bits per heavy atom. The number of hydrogen-bond donors (Lipinski definition) is 2. The topological polar surface area (TPSA) is 86.7 Å². The molecule has 0 aromatic heterocycles. The number of likely N-dealkylation sites (N-methyl/N-ethyl adjacent to an activating group) is 1. The summed E-state index contributed by atoms with van der Waals surface area (Å²) in [6, 6.07) is 0. The van der Waals surface area contributed by atoms with Crippen LogP contribution >= 0.6 is 0 Å². The number of carbonyl (C=O) groups is 1. The second kappa shape index (κ2) is 8.43. The molecule has 17 heavy (non-hydrogen) atoms. The SMILES string of the molecule is CCCN(CC)CCNS(=O)(=O)CCC(=O)O. The van der Waals surface area contributed by atoms with Crippen LogP contribution in [0.5, 0.6) is 0 Å². The summed E-state index contributed by atoms with van der Waals surface area (Å²) >= 11 is 0. The van der Waals surface area contributed by atoms with Crippen molar-refractivity contribution < 1.29 is 18.3 Å². The lowest BCUT2D eigenvalue weighted by Crippen LogP contribution is -2.36. The highest BCUT2D eigenvalue weighted by Gasteiger charge is 2.12. The highest BCUT2D eigenvalue weighted by molar-refractivity contribution is 7.89. The number of sulfonamides is 1. The molecule has 0 atom stereocenters. The third-order valence-corrected chi connectivity index (χ3v) is 3.71. The van der Waals surface area contributed by atoms with Gasteiger partial charge in [-0.05, 0) is 19.5 Å². The molecular weight excluding hydrogens is 244 g/mol. The summed E-state index contributed by atoms with van der Waals surface area (Å²) in [4.78, 5) is 12.4. The molecule has 102 valence electrons. The van der Waals surface area contributed by atoms with Gasteiger partial charge in [0.25, 0.3) is 0 Å². The van der Waals surface area contributed by atoms with Crippen LogP contribution in [0.3, 0.4) is 0 Å². The van der Waals surface area contributed by atoms with E-state index in [1.54, 1.807) is 0 Å². The van der Waals surface area contributed by atoms with E-state index in [1.807, 2.05) is 6.92 Å². The number of carboxylic acids is 1. The lowest BCUT2D eigenvalue weighted by molar-refractivity contribution is -0.136. The van der Waals surface area contributed by atoms with Gasteiger partial charge in [-0.2, -0.15) is 0 Å². The Bertz CT molecular complexity index is 316. The maximum atomic E-state index is 11.4. The molecule has 0 aromatic carbocycles. The zero-order chi connectivity index (χ0) is 13.3. The molecule has 0 saturated carbocycles. The van der Waals surface area contributed by atoms with Gasteiger partial charge in [-0.15, -0.1) is 0 Å². The fourth-order valence-corrected chi connectivity index (χ4v) is 2.39. The number of nitrogens with one attached hydrogen (secondary N) is 1. The molecule has 0 aliphatic carbocycles. The van der Waals surface area contributed by atoms with Crippen LogP contribution < -0.4 is 4.72 Å². The largest absolute Gasteiger partial charge is 0.481 e. The molecule has 0 fully saturated rings. The van der Waals surface area contributed by atoms with E-state index in [9.17, 15) is 13.2 Å². The summed E-state index contributed by atoms with van der Waals surface area (Å²) in [6.45, 7) is 6.89. The predicted octanol–water partition coefficient (Wildman–Crippen LogP) is 0.112. The molecule has 0 amide bonds. The van der Waals surface area contributed by atoms with Crippen LogP contribution in [0.2, 0.25) is 0 Å². The van der Waals surface area contributed by atoms with Crippen LogP contribution in [0.15, 0.2) is 0 Å². The Morgan fingerprint density at radius 2 is 1.94 bits per heavy atom. The molecular formula is C10H22N2O4S. The van der Waals surface area contributed by atoms with E-state index in [0.717, 1.165) is 19.5 Å². The Morgan fingerprint density at radius 1 is 1.29 bits per heavy atom. The molecule has 0 spiro atoms. The first-order valence-electron chi connectivity index (χ1n) is 5.82. The third kappa shape index (κ3) is 9.08. The van der Waals surface area contributed by atoms with Gasteiger partial charge in [-0.3, -0.25) is 4.79 Å². The van der Waals surface area contributed by atoms with Gasteiger partial charge in [0.2, 0.25) is 10.0 Å². The number of carboxylic acid groups (broad SMARTS) is 1. The number of hydrogen-bond acceptors (Lipinski definition) is 4. The minimum absolute atomic E-state index is 0.329. The molecule has 6 nitrogen and oxygen atoms in total. The molecule has 7 heteroatoms. The van der Waals surface area contributed by atoms with Crippen molar-refractivity contribution in [2.45, 2.75) is 26.7 Å². The molecule has 0 aromatic rings. The van der Waals surface area contributed by atoms with Gasteiger partial charge in [-0.1, -0.05) is 13.8 Å². The predicted molar refractivity (Wildman–Crippen MR) is 66.4 cm³/mol. The molecule has 0 bridgehead atoms. The minimum Gasteiger partial charge on any atom is -0.481 e. The summed E-state index contributed by atoms with van der Waals surface area (Å²) in [6.07, 6.45) is 0.668. The van der Waals surface area contributed by atoms with Crippen LogP contribution in [-0.4, -0.2) is 56.3 Å². The lowest BCUT2D eigenvalue weighted by Gasteiger charge is -2.19. The number of rotatable bonds is 10. The quantitative estimate of drug-likeness (QED) is 0.586. The summed E-state index contributed by atoms with van der Waals surface area (Å²) in [5.74, 6) is -1.46. The van der Waals surface area contributed by atoms with E-state index in [1.165, 1.54) is 0 Å². The van der Waals surface area contributed by atoms with Gasteiger partial charge in [0, 0.05) is 13.1 Å². The Hall–Kier alpha value is -0.660. The zero-order valence-corrected chi connectivity index (χ0v) is 11.3. The van der Waals surface area contributed by atoms with E-state index in [2.05, 4.69) is 16.5 Å². The molecule has 0 radical (unpaired) electrons. The van der Waals surface area contributed by atoms with Crippen molar-refractivity contribution in [2.24, 2.45) is 0 Å². The average molecular weight is 266 g/mol. The number of aliphatic carboxylic acids is 1. The molecule has 0 aliphatic rings. The monoisotopic (exact) mass is 266 g/mol. The molecule has 0 saturated heterocycles. The van der Waals surface area contributed by atoms with E-state index in [4.69, 9.17) is 5.11 Å². The summed E-state index contributed by atoms with van der Waals surface area (Å²) in [5, 5.41) is 8.40. The van der Waals surface area contributed by atoms with Crippen LogP contribution in [0, 0.1) is 0 Å². The molecule has 0 heterocycles. The van der Waals surface area contributed by atoms with Gasteiger partial charge in [0.1, 0.15) is 0 Å². The fourth-order valence-electron chi connectivity index (χ4n) is 1.40. The smallest absolute Gasteiger partial charge is 0.304 e. The van der Waals surface area contributed by atoms with Gasteiger partial charge in [-0.25, -0.2) is 13.1 Å². The Balaban J connectivity index is 3.89. The van der Waals surface area contributed by atoms with Crippen molar-refractivity contribution >= 4 is 16.0 Å². The van der Waals surface area contributed by atoms with Crippen molar-refractivity contribution in [2.75, 3.05) is 31.9 Å². The van der Waals surface area contributed by atoms with Crippen molar-refractivity contribution in [1.82, 2.24) is 9.62 Å². The fraction of sp³-hybridized carbons (Fsp3) is 0.900. The summed E-state index contributed by atoms with van der Waals surface area (Å²) < 4.78 is 25.1. The van der Waals surface area contributed by atoms with Gasteiger partial charge in [0.05, 0.1) is 12.2 Å². The van der Waals surface area contributed by atoms with Crippen LogP contribution in [0.1, 0.15) is 26.7 Å². The maximum Gasteiger partial charge on any atom is 0.304 e. The zero-order valence-electron chi connectivity index (χ0n) is 10.5. The van der Waals surface area contributed by atoms with Gasteiger partial charge >= 0.3 is 5.97 Å². The van der Waals surface area contributed by atoms with Crippen molar-refractivity contribution in [3.05, 3.63) is 0 Å². The van der Waals surface area contributed by atoms with Gasteiger partial charge in [0.15, 0.2) is 0 Å². The van der Waals surface area contributed by atoms with Crippen molar-refractivity contribution in [3.8, 4) is 0 Å². The minimum atomic E-state index is -3.45. The standard InChI is InChI=1S/C10H22N2O4S/c1-3-7-12(4-2)8-6-11-17(15,16)9-5-10(13)14/h11H,3-9H2,1-2H3,(H,13,14). The van der Waals surface area contributed by atoms with Crippen LogP contribution in [0.25, 0.3) is 0 Å². The van der Waals surface area contributed by atoms with Crippen LogP contribution in [-0.2, 0) is 14.8 Å². The number of nitrogens with zero attached hydrogens (tertiary/aromatic N) is 1. The Kier molecular flexibility index (Phi) is 8.11. The van der Waals surface area contributed by atoms with E-state index >= 15 is 0 Å². The van der Waals surface area contributed by atoms with E-state index in [-0.39, 0.29) is 12.2 Å². The second-order valence-electron chi connectivity index (χ2n) is 3.79. The summed E-state index contributed by atoms with van der Waals surface area (Å²) in [5.41, 5.74) is 0. The second-order valence-corrected chi connectivity index (χ2v) is 5.72. The van der Waals surface area contributed by atoms with E-state index < -0.39 is 16.0 Å². The van der Waals surface area contributed by atoms with Crippen molar-refractivity contribution in [3.63, 3.8) is 0 Å². The average Bonchev–Trinajstić information content (AvgIpc) is 2.25. The molecule has 0 rings (SSSR count). The first kappa shape index (κ1) is 16.3. The first-order chi connectivity index (χ1) is 7.91. The lowest BCUT2D eigenvalue weighted by atomic mass is 10.4. The molecule has 0 aliphatic heterocycles. The normalized spacial score (nSPS) is 11.9. The molecule has 0 unspecified atom stereocenters. The van der Waals surface area contributed by atoms with Crippen molar-refractivity contribution in [1.29, 1.82) is 0 Å². The van der Waals surface area contributed by atoms with Crippen LogP contribution in [0.4, 0.5) is 0 Å². The highest BCUT2D eigenvalue weighted by Crippen LogP contribution is 1.92. The first-order valence-corrected chi connectivity index (χ1v) is 7.48. The highest BCUT2D eigenvalue weighted by atomic mass is 32.2. The van der Waals surface area contributed by atoms with E-state index in [0.29, 0.717) is 13.1 Å². The maximum absolute atomic E-state index is 11.4. The third-order valence-electron chi connectivity index (χ3n) is 2.32.